The molecule has 4 aromatic rings. The average Bonchev–Trinajstić information content (AvgIpc) is 3.28. The molecule has 0 bridgehead atoms. The number of hydrogen-bond acceptors (Lipinski definition) is 6. The van der Waals surface area contributed by atoms with Gasteiger partial charge < -0.3 is 14.9 Å². The van der Waals surface area contributed by atoms with Crippen LogP contribution in [0.15, 0.2) is 48.8 Å². The summed E-state index contributed by atoms with van der Waals surface area (Å²) in [5, 5.41) is 21.4. The molecule has 2 heterocycles. The highest BCUT2D eigenvalue weighted by atomic mass is 16.6. The summed E-state index contributed by atoms with van der Waals surface area (Å²) in [4.78, 5) is 14.6. The van der Waals surface area contributed by atoms with Gasteiger partial charge in [0.15, 0.2) is 0 Å². The third-order valence-corrected chi connectivity index (χ3v) is 4.43. The number of methoxy groups -OCH3 is 1. The average molecular weight is 364 g/mol. The molecule has 0 N–H and O–H groups in total. The smallest absolute Gasteiger partial charge is 0.342 e. The fraction of sp³-hybridized carbons (Fsp3) is 0.167. The molecule has 0 saturated heterocycles. The minimum atomic E-state index is -0.465. The van der Waals surface area contributed by atoms with E-state index < -0.39 is 4.92 Å². The summed E-state index contributed by atoms with van der Waals surface area (Å²) < 4.78 is 8.29. The van der Waals surface area contributed by atoms with Gasteiger partial charge in [0.2, 0.25) is 5.82 Å². The molecular weight excluding hydrogens is 348 g/mol. The monoisotopic (exact) mass is 364 g/mol. The molecule has 0 spiro atoms. The Kier molecular flexibility index (Phi) is 4.03. The largest absolute Gasteiger partial charge is 0.497 e. The maximum atomic E-state index is 10.9. The van der Waals surface area contributed by atoms with Crippen LogP contribution < -0.4 is 4.74 Å². The van der Waals surface area contributed by atoms with E-state index in [4.69, 9.17) is 4.74 Å². The zero-order valence-corrected chi connectivity index (χ0v) is 14.7. The van der Waals surface area contributed by atoms with Crippen LogP contribution in [-0.2, 0) is 13.6 Å². The zero-order chi connectivity index (χ0) is 19.0. The molecule has 0 amide bonds. The normalized spacial score (nSPS) is 11.0. The Balaban J connectivity index is 1.60. The van der Waals surface area contributed by atoms with Crippen molar-refractivity contribution in [2.75, 3.05) is 7.11 Å². The molecule has 0 unspecified atom stereocenters. The van der Waals surface area contributed by atoms with Crippen LogP contribution in [0.25, 0.3) is 22.0 Å². The number of benzene rings is 2. The van der Waals surface area contributed by atoms with Gasteiger partial charge in [-0.2, -0.15) is 0 Å². The number of aromatic nitrogens is 5. The van der Waals surface area contributed by atoms with E-state index in [1.807, 2.05) is 36.4 Å². The topological polar surface area (TPSA) is 101 Å². The van der Waals surface area contributed by atoms with Gasteiger partial charge in [-0.3, -0.25) is 0 Å². The minimum Gasteiger partial charge on any atom is -0.497 e. The number of imidazole rings is 1. The van der Waals surface area contributed by atoms with Crippen molar-refractivity contribution in [3.63, 3.8) is 0 Å². The first-order valence-electron chi connectivity index (χ1n) is 8.18. The predicted molar refractivity (Wildman–Crippen MR) is 98.5 cm³/mol. The van der Waals surface area contributed by atoms with Crippen LogP contribution in [0, 0.1) is 10.1 Å². The molecule has 0 aliphatic heterocycles. The van der Waals surface area contributed by atoms with Gasteiger partial charge in [0, 0.05) is 5.56 Å². The summed E-state index contributed by atoms with van der Waals surface area (Å²) in [7, 11) is 3.25. The van der Waals surface area contributed by atoms with E-state index in [1.165, 1.54) is 10.8 Å². The van der Waals surface area contributed by atoms with Crippen LogP contribution in [0.2, 0.25) is 0 Å². The number of ether oxygens (including phenoxy) is 1. The second-order valence-corrected chi connectivity index (χ2v) is 6.08. The summed E-state index contributed by atoms with van der Waals surface area (Å²) in [6.45, 7) is 0.294. The number of nitro groups is 1. The molecule has 0 atom stereocenters. The van der Waals surface area contributed by atoms with E-state index in [-0.39, 0.29) is 5.82 Å². The third kappa shape index (κ3) is 3.10. The molecule has 9 nitrogen and oxygen atoms in total. The van der Waals surface area contributed by atoms with Gasteiger partial charge in [-0.05, 0) is 33.9 Å². The van der Waals surface area contributed by atoms with Crippen LogP contribution >= 0.6 is 0 Å². The summed E-state index contributed by atoms with van der Waals surface area (Å²) in [5.41, 5.74) is 1.65. The van der Waals surface area contributed by atoms with Crippen LogP contribution in [-0.4, -0.2) is 36.6 Å². The fourth-order valence-electron chi connectivity index (χ4n) is 2.92. The number of fused-ring (bicyclic) bond motifs is 1. The lowest BCUT2D eigenvalue weighted by atomic mass is 10.1. The van der Waals surface area contributed by atoms with Crippen LogP contribution in [0.5, 0.6) is 5.75 Å². The Labute approximate surface area is 154 Å². The lowest BCUT2D eigenvalue weighted by Gasteiger charge is -2.04. The van der Waals surface area contributed by atoms with E-state index in [9.17, 15) is 10.1 Å². The van der Waals surface area contributed by atoms with Gasteiger partial charge in [-0.15, -0.1) is 5.10 Å². The predicted octanol–water partition coefficient (Wildman–Crippen LogP) is 2.80. The van der Waals surface area contributed by atoms with Gasteiger partial charge in [-0.1, -0.05) is 23.4 Å². The quantitative estimate of drug-likeness (QED) is 0.399. The molecule has 27 heavy (non-hydrogen) atoms. The number of nitrogens with zero attached hydrogens (tertiary/aromatic N) is 6. The highest BCUT2D eigenvalue weighted by Crippen LogP contribution is 2.26. The molecule has 4 rings (SSSR count). The lowest BCUT2D eigenvalue weighted by Crippen LogP contribution is -2.08. The van der Waals surface area contributed by atoms with Gasteiger partial charge in [0.05, 0.1) is 20.4 Å². The lowest BCUT2D eigenvalue weighted by molar-refractivity contribution is -0.391. The first-order chi connectivity index (χ1) is 13.0. The molecule has 0 fully saturated rings. The summed E-state index contributed by atoms with van der Waals surface area (Å²) in [6, 6.07) is 11.9. The maximum Gasteiger partial charge on any atom is 0.342 e. The minimum absolute atomic E-state index is 0.0599. The highest BCUT2D eigenvalue weighted by molar-refractivity contribution is 5.87. The standard InChI is InChI=1S/C18H16N6O3/c1-22-17(19-9-18(22)24(25)26)11-23-10-16(20-21-23)14-4-3-13-8-15(27-2)6-5-12(13)7-14/h3-10H,11H2,1-2H3. The van der Waals surface area contributed by atoms with Crippen molar-refractivity contribution in [3.05, 3.63) is 64.7 Å². The van der Waals surface area contributed by atoms with Crippen LogP contribution in [0.1, 0.15) is 5.82 Å². The Hall–Kier alpha value is -3.75. The Morgan fingerprint density at radius 3 is 2.70 bits per heavy atom. The zero-order valence-electron chi connectivity index (χ0n) is 14.7. The number of hydrogen-bond donors (Lipinski definition) is 0. The third-order valence-electron chi connectivity index (χ3n) is 4.43. The van der Waals surface area contributed by atoms with Gasteiger partial charge >= 0.3 is 5.82 Å². The van der Waals surface area contributed by atoms with Gasteiger partial charge in [0.1, 0.15) is 24.2 Å². The Bertz CT molecular complexity index is 1150. The first kappa shape index (κ1) is 16.7. The molecule has 2 aromatic carbocycles. The van der Waals surface area contributed by atoms with Crippen LogP contribution in [0.4, 0.5) is 5.82 Å². The summed E-state index contributed by atoms with van der Waals surface area (Å²) in [5.74, 6) is 1.28. The molecule has 0 aliphatic carbocycles. The maximum absolute atomic E-state index is 10.9. The van der Waals surface area contributed by atoms with Gasteiger partial charge in [-0.25, -0.2) is 14.2 Å². The van der Waals surface area contributed by atoms with Crippen molar-refractivity contribution < 1.29 is 9.66 Å². The summed E-state index contributed by atoms with van der Waals surface area (Å²) >= 11 is 0. The Morgan fingerprint density at radius 1 is 1.19 bits per heavy atom. The second-order valence-electron chi connectivity index (χ2n) is 6.08. The molecule has 0 saturated carbocycles. The van der Waals surface area contributed by atoms with E-state index >= 15 is 0 Å². The van der Waals surface area contributed by atoms with E-state index in [0.717, 1.165) is 27.8 Å². The molecule has 0 radical (unpaired) electrons. The van der Waals surface area contributed by atoms with E-state index in [0.29, 0.717) is 12.4 Å². The second kappa shape index (κ2) is 6.52. The molecule has 136 valence electrons. The van der Waals surface area contributed by atoms with Crippen molar-refractivity contribution in [2.24, 2.45) is 7.05 Å². The Morgan fingerprint density at radius 2 is 1.96 bits per heavy atom. The van der Waals surface area contributed by atoms with Crippen molar-refractivity contribution in [1.82, 2.24) is 24.5 Å². The van der Waals surface area contributed by atoms with Crippen molar-refractivity contribution in [3.8, 4) is 17.0 Å². The molecular formula is C18H16N6O3. The molecule has 9 heteroatoms. The van der Waals surface area contributed by atoms with Crippen molar-refractivity contribution in [1.29, 1.82) is 0 Å². The fourth-order valence-corrected chi connectivity index (χ4v) is 2.92. The summed E-state index contributed by atoms with van der Waals surface area (Å²) in [6.07, 6.45) is 3.04. The molecule has 2 aromatic heterocycles. The van der Waals surface area contributed by atoms with Gasteiger partial charge in [0.25, 0.3) is 0 Å². The van der Waals surface area contributed by atoms with Crippen molar-refractivity contribution in [2.45, 2.75) is 6.54 Å². The van der Waals surface area contributed by atoms with Crippen LogP contribution in [0.3, 0.4) is 0 Å². The highest BCUT2D eigenvalue weighted by Gasteiger charge is 2.17. The number of rotatable bonds is 5. The molecule has 0 aliphatic rings. The van der Waals surface area contributed by atoms with E-state index in [2.05, 4.69) is 15.3 Å². The van der Waals surface area contributed by atoms with E-state index in [1.54, 1.807) is 25.0 Å². The van der Waals surface area contributed by atoms with Crippen molar-refractivity contribution >= 4 is 16.6 Å². The SMILES string of the molecule is COc1ccc2cc(-c3cn(Cc4ncc([N+](=O)[O-])n4C)nn3)ccc2c1. The first-order valence-corrected chi connectivity index (χ1v) is 8.18.